The molecule has 1 rings (SSSR count). The van der Waals surface area contributed by atoms with Gasteiger partial charge in [0.05, 0.1) is 7.11 Å². The highest BCUT2D eigenvalue weighted by Crippen LogP contribution is 2.18. The largest absolute Gasteiger partial charge is 0.465 e. The number of esters is 1. The monoisotopic (exact) mass is 203 g/mol. The van der Waals surface area contributed by atoms with Gasteiger partial charge in [0, 0.05) is 12.3 Å². The van der Waals surface area contributed by atoms with Crippen molar-refractivity contribution in [3.63, 3.8) is 0 Å². The van der Waals surface area contributed by atoms with Crippen molar-refractivity contribution >= 4 is 5.97 Å². The van der Waals surface area contributed by atoms with Crippen molar-refractivity contribution in [2.24, 2.45) is 0 Å². The summed E-state index contributed by atoms with van der Waals surface area (Å²) in [7, 11) is 1.02. The summed E-state index contributed by atoms with van der Waals surface area (Å²) in [5.41, 5.74) is -2.15. The van der Waals surface area contributed by atoms with Gasteiger partial charge < -0.3 is 9.72 Å². The van der Waals surface area contributed by atoms with Crippen LogP contribution >= 0.6 is 0 Å². The number of pyridine rings is 1. The average Bonchev–Trinajstić information content (AvgIpc) is 2.16. The third kappa shape index (κ3) is 1.78. The van der Waals surface area contributed by atoms with Crippen LogP contribution in [0.5, 0.6) is 0 Å². The first kappa shape index (κ1) is 10.4. The van der Waals surface area contributed by atoms with Crippen molar-refractivity contribution in [3.8, 4) is 0 Å². The minimum atomic E-state index is -2.92. The number of aromatic amines is 1. The SMILES string of the molecule is COC(=O)c1c(C(F)F)[nH]ccc1=O. The minimum absolute atomic E-state index is 0.648. The van der Waals surface area contributed by atoms with Gasteiger partial charge in [-0.1, -0.05) is 0 Å². The zero-order chi connectivity index (χ0) is 10.7. The molecule has 0 fully saturated rings. The lowest BCUT2D eigenvalue weighted by Gasteiger charge is -2.04. The Labute approximate surface area is 77.5 Å². The van der Waals surface area contributed by atoms with E-state index in [2.05, 4.69) is 9.72 Å². The van der Waals surface area contributed by atoms with Gasteiger partial charge in [-0.25, -0.2) is 13.6 Å². The maximum atomic E-state index is 12.3. The van der Waals surface area contributed by atoms with Crippen LogP contribution in [-0.4, -0.2) is 18.1 Å². The number of ether oxygens (including phenoxy) is 1. The van der Waals surface area contributed by atoms with Gasteiger partial charge in [-0.05, 0) is 0 Å². The zero-order valence-electron chi connectivity index (χ0n) is 7.21. The van der Waals surface area contributed by atoms with Crippen molar-refractivity contribution < 1.29 is 18.3 Å². The van der Waals surface area contributed by atoms with Crippen LogP contribution in [0.4, 0.5) is 8.78 Å². The summed E-state index contributed by atoms with van der Waals surface area (Å²) >= 11 is 0. The highest BCUT2D eigenvalue weighted by Gasteiger charge is 2.22. The lowest BCUT2D eigenvalue weighted by Crippen LogP contribution is -2.19. The molecule has 0 saturated carbocycles. The number of rotatable bonds is 2. The molecule has 0 atom stereocenters. The molecule has 0 spiro atoms. The van der Waals surface area contributed by atoms with Crippen LogP contribution in [0.25, 0.3) is 0 Å². The number of H-pyrrole nitrogens is 1. The highest BCUT2D eigenvalue weighted by molar-refractivity contribution is 5.90. The molecule has 76 valence electrons. The highest BCUT2D eigenvalue weighted by atomic mass is 19.3. The fourth-order valence-electron chi connectivity index (χ4n) is 0.980. The van der Waals surface area contributed by atoms with Crippen molar-refractivity contribution in [2.75, 3.05) is 7.11 Å². The second-order valence-electron chi connectivity index (χ2n) is 2.42. The maximum Gasteiger partial charge on any atom is 0.343 e. The average molecular weight is 203 g/mol. The summed E-state index contributed by atoms with van der Waals surface area (Å²) in [5, 5.41) is 0. The van der Waals surface area contributed by atoms with Gasteiger partial charge >= 0.3 is 5.97 Å². The number of hydrogen-bond acceptors (Lipinski definition) is 3. The van der Waals surface area contributed by atoms with E-state index in [1.54, 1.807) is 0 Å². The van der Waals surface area contributed by atoms with Gasteiger partial charge in [0.25, 0.3) is 6.43 Å². The van der Waals surface area contributed by atoms with E-state index in [0.717, 1.165) is 19.4 Å². The molecule has 1 aromatic heterocycles. The molecule has 0 saturated heterocycles. The lowest BCUT2D eigenvalue weighted by atomic mass is 10.2. The number of aromatic nitrogens is 1. The molecule has 4 nitrogen and oxygen atoms in total. The molecule has 0 aliphatic rings. The second-order valence-corrected chi connectivity index (χ2v) is 2.42. The first-order valence-corrected chi connectivity index (χ1v) is 3.66. The van der Waals surface area contributed by atoms with Gasteiger partial charge in [-0.15, -0.1) is 0 Å². The number of carbonyl (C=O) groups is 1. The Morgan fingerprint density at radius 3 is 2.71 bits per heavy atom. The summed E-state index contributed by atoms with van der Waals surface area (Å²) in [6.45, 7) is 0. The number of nitrogens with one attached hydrogen (secondary N) is 1. The molecular formula is C8H7F2NO3. The number of halogens is 2. The van der Waals surface area contributed by atoms with E-state index in [1.807, 2.05) is 0 Å². The minimum Gasteiger partial charge on any atom is -0.465 e. The van der Waals surface area contributed by atoms with Gasteiger partial charge in [0.15, 0.2) is 5.43 Å². The molecule has 0 radical (unpaired) electrons. The number of carbonyl (C=O) groups excluding carboxylic acids is 1. The molecule has 0 aromatic carbocycles. The molecule has 0 unspecified atom stereocenters. The summed E-state index contributed by atoms with van der Waals surface area (Å²) in [6.07, 6.45) is -1.87. The third-order valence-electron chi connectivity index (χ3n) is 1.60. The van der Waals surface area contributed by atoms with E-state index in [9.17, 15) is 18.4 Å². The number of hydrogen-bond donors (Lipinski definition) is 1. The number of alkyl halides is 2. The first-order valence-electron chi connectivity index (χ1n) is 3.66. The van der Waals surface area contributed by atoms with Crippen LogP contribution in [0.3, 0.4) is 0 Å². The molecule has 14 heavy (non-hydrogen) atoms. The molecule has 6 heteroatoms. The van der Waals surface area contributed by atoms with Crippen molar-refractivity contribution in [1.82, 2.24) is 4.98 Å². The second kappa shape index (κ2) is 3.99. The maximum absolute atomic E-state index is 12.3. The topological polar surface area (TPSA) is 59.2 Å². The van der Waals surface area contributed by atoms with Crippen LogP contribution in [0.15, 0.2) is 17.1 Å². The van der Waals surface area contributed by atoms with E-state index >= 15 is 0 Å². The Kier molecular flexibility index (Phi) is 2.95. The first-order chi connectivity index (χ1) is 6.57. The Morgan fingerprint density at radius 1 is 1.57 bits per heavy atom. The van der Waals surface area contributed by atoms with Gasteiger partial charge in [-0.3, -0.25) is 4.79 Å². The van der Waals surface area contributed by atoms with Gasteiger partial charge in [0.2, 0.25) is 0 Å². The van der Waals surface area contributed by atoms with Gasteiger partial charge in [0.1, 0.15) is 11.3 Å². The molecule has 0 bridgehead atoms. The van der Waals surface area contributed by atoms with Gasteiger partial charge in [-0.2, -0.15) is 0 Å². The standard InChI is InChI=1S/C8H7F2NO3/c1-14-8(13)5-4(12)2-3-11-6(5)7(9)10/h2-3,7H,1H3,(H,11,12). The van der Waals surface area contributed by atoms with Crippen LogP contribution in [0.2, 0.25) is 0 Å². The predicted octanol–water partition coefficient (Wildman–Crippen LogP) is 1.10. The van der Waals surface area contributed by atoms with Crippen molar-refractivity contribution in [3.05, 3.63) is 33.7 Å². The Hall–Kier alpha value is -1.72. The fraction of sp³-hybridized carbons (Fsp3) is 0.250. The lowest BCUT2D eigenvalue weighted by molar-refractivity contribution is 0.0585. The van der Waals surface area contributed by atoms with Crippen molar-refractivity contribution in [1.29, 1.82) is 0 Å². The Morgan fingerprint density at radius 2 is 2.21 bits per heavy atom. The van der Waals surface area contributed by atoms with E-state index in [1.165, 1.54) is 0 Å². The summed E-state index contributed by atoms with van der Waals surface area (Å²) < 4.78 is 28.9. The molecule has 1 heterocycles. The molecule has 0 aliphatic carbocycles. The van der Waals surface area contributed by atoms with Crippen LogP contribution in [0.1, 0.15) is 22.5 Å². The van der Waals surface area contributed by atoms with E-state index in [4.69, 9.17) is 0 Å². The van der Waals surface area contributed by atoms with E-state index in [-0.39, 0.29) is 0 Å². The zero-order valence-corrected chi connectivity index (χ0v) is 7.21. The molecule has 1 N–H and O–H groups in total. The van der Waals surface area contributed by atoms with E-state index in [0.29, 0.717) is 0 Å². The van der Waals surface area contributed by atoms with Crippen LogP contribution in [-0.2, 0) is 4.74 Å². The predicted molar refractivity (Wildman–Crippen MR) is 43.4 cm³/mol. The summed E-state index contributed by atoms with van der Waals surface area (Å²) in [4.78, 5) is 24.2. The summed E-state index contributed by atoms with van der Waals surface area (Å²) in [6, 6.07) is 0.984. The smallest absolute Gasteiger partial charge is 0.343 e. The quantitative estimate of drug-likeness (QED) is 0.732. The Bertz CT molecular complexity index is 400. The third-order valence-corrected chi connectivity index (χ3v) is 1.60. The fourth-order valence-corrected chi connectivity index (χ4v) is 0.980. The van der Waals surface area contributed by atoms with Crippen LogP contribution in [0, 0.1) is 0 Å². The Balaban J connectivity index is 3.37. The molecule has 0 amide bonds. The van der Waals surface area contributed by atoms with Crippen molar-refractivity contribution in [2.45, 2.75) is 6.43 Å². The number of methoxy groups -OCH3 is 1. The molecular weight excluding hydrogens is 196 g/mol. The molecule has 0 aliphatic heterocycles. The molecule has 1 aromatic rings. The normalized spacial score (nSPS) is 10.3. The summed E-state index contributed by atoms with van der Waals surface area (Å²) in [5.74, 6) is -1.07. The van der Waals surface area contributed by atoms with E-state index < -0.39 is 29.1 Å². The van der Waals surface area contributed by atoms with Crippen LogP contribution < -0.4 is 5.43 Å².